The van der Waals surface area contributed by atoms with Crippen molar-refractivity contribution in [3.63, 3.8) is 0 Å². The summed E-state index contributed by atoms with van der Waals surface area (Å²) >= 11 is 0. The third-order valence-corrected chi connectivity index (χ3v) is 4.40. The van der Waals surface area contributed by atoms with Gasteiger partial charge in [-0.1, -0.05) is 57.7 Å². The van der Waals surface area contributed by atoms with Crippen molar-refractivity contribution in [1.29, 1.82) is 0 Å². The van der Waals surface area contributed by atoms with E-state index in [0.29, 0.717) is 13.0 Å². The number of pyridine rings is 1. The Morgan fingerprint density at radius 2 is 1.96 bits per heavy atom. The van der Waals surface area contributed by atoms with Gasteiger partial charge in [-0.05, 0) is 24.6 Å². The molecule has 2 N–H and O–H groups in total. The lowest BCUT2D eigenvalue weighted by Gasteiger charge is -2.24. The van der Waals surface area contributed by atoms with Crippen molar-refractivity contribution in [2.24, 2.45) is 5.92 Å². The third kappa shape index (κ3) is 5.89. The zero-order valence-corrected chi connectivity index (χ0v) is 16.8. The van der Waals surface area contributed by atoms with Gasteiger partial charge in [0.15, 0.2) is 0 Å². The molecule has 6 heteroatoms. The van der Waals surface area contributed by atoms with E-state index in [1.807, 2.05) is 57.2 Å². The number of aromatic nitrogens is 1. The molecule has 0 radical (unpaired) electrons. The summed E-state index contributed by atoms with van der Waals surface area (Å²) in [5.74, 6) is -0.796. The van der Waals surface area contributed by atoms with Gasteiger partial charge >= 0.3 is 5.97 Å². The highest BCUT2D eigenvalue weighted by Gasteiger charge is 2.28. The van der Waals surface area contributed by atoms with Crippen LogP contribution in [0.3, 0.4) is 0 Å². The molecular formula is C22H29N3O3. The first kappa shape index (κ1) is 21.6. The molecule has 2 aromatic rings. The van der Waals surface area contributed by atoms with Gasteiger partial charge in [0.25, 0.3) is 0 Å². The number of likely N-dealkylation sites (N-methyl/N-ethyl adjacent to an activating group) is 1. The molecule has 1 aromatic carbocycles. The monoisotopic (exact) mass is 383 g/mol. The molecule has 2 rings (SSSR count). The van der Waals surface area contributed by atoms with Gasteiger partial charge in [0.05, 0.1) is 11.6 Å². The molecule has 0 spiro atoms. The van der Waals surface area contributed by atoms with E-state index in [-0.39, 0.29) is 18.4 Å². The van der Waals surface area contributed by atoms with Gasteiger partial charge in [-0.25, -0.2) is 4.79 Å². The van der Waals surface area contributed by atoms with Crippen LogP contribution in [0, 0.1) is 5.92 Å². The molecule has 0 aliphatic rings. The molecule has 28 heavy (non-hydrogen) atoms. The average Bonchev–Trinajstić information content (AvgIpc) is 2.69. The van der Waals surface area contributed by atoms with Crippen LogP contribution in [0.5, 0.6) is 0 Å². The maximum Gasteiger partial charge on any atom is 0.329 e. The molecular weight excluding hydrogens is 354 g/mol. The summed E-state index contributed by atoms with van der Waals surface area (Å²) in [4.78, 5) is 29.8. The predicted molar refractivity (Wildman–Crippen MR) is 111 cm³/mol. The number of benzene rings is 1. The molecule has 1 amide bonds. The Morgan fingerprint density at radius 3 is 2.64 bits per heavy atom. The lowest BCUT2D eigenvalue weighted by Crippen LogP contribution is -2.53. The third-order valence-electron chi connectivity index (χ3n) is 4.40. The number of hydrogen-bond acceptors (Lipinski definition) is 5. The van der Waals surface area contributed by atoms with Crippen molar-refractivity contribution >= 4 is 22.8 Å². The minimum Gasteiger partial charge on any atom is -0.460 e. The number of carbonyl (C=O) groups is 2. The van der Waals surface area contributed by atoms with E-state index >= 15 is 0 Å². The topological polar surface area (TPSA) is 80.3 Å². The second-order valence-corrected chi connectivity index (χ2v) is 6.96. The zero-order valence-electron chi connectivity index (χ0n) is 16.8. The van der Waals surface area contributed by atoms with Crippen LogP contribution in [-0.2, 0) is 20.7 Å². The van der Waals surface area contributed by atoms with Gasteiger partial charge in [0, 0.05) is 17.5 Å². The van der Waals surface area contributed by atoms with Crippen LogP contribution in [0.25, 0.3) is 10.9 Å². The maximum absolute atomic E-state index is 12.9. The largest absolute Gasteiger partial charge is 0.460 e. The number of para-hydroxylation sites is 1. The highest BCUT2D eigenvalue weighted by atomic mass is 16.5. The molecule has 1 heterocycles. The van der Waals surface area contributed by atoms with E-state index in [4.69, 9.17) is 4.74 Å². The number of fused-ring (bicyclic) bond motifs is 1. The standard InChI is InChI=1S/C22H29N3O3/c1-5-13-28-22(27)20(15(3)4)25-21(26)19(23-6-2)14-17-12-11-16-9-7-8-10-18(16)24-17/h5,7-12,15,19-20,23H,1,6,13-14H2,2-4H3,(H,25,26). The van der Waals surface area contributed by atoms with Gasteiger partial charge in [-0.3, -0.25) is 9.78 Å². The first-order valence-corrected chi connectivity index (χ1v) is 9.62. The molecule has 0 aliphatic carbocycles. The van der Waals surface area contributed by atoms with E-state index < -0.39 is 18.1 Å². The molecule has 1 aromatic heterocycles. The van der Waals surface area contributed by atoms with Crippen molar-refractivity contribution < 1.29 is 14.3 Å². The quantitative estimate of drug-likeness (QED) is 0.487. The fourth-order valence-corrected chi connectivity index (χ4v) is 2.92. The number of carbonyl (C=O) groups excluding carboxylic acids is 2. The highest BCUT2D eigenvalue weighted by Crippen LogP contribution is 2.13. The molecule has 0 saturated carbocycles. The molecule has 0 aliphatic heterocycles. The Balaban J connectivity index is 2.12. The van der Waals surface area contributed by atoms with E-state index in [1.165, 1.54) is 6.08 Å². The number of hydrogen-bond donors (Lipinski definition) is 2. The highest BCUT2D eigenvalue weighted by molar-refractivity contribution is 5.88. The predicted octanol–water partition coefficient (Wildman–Crippen LogP) is 2.63. The minimum atomic E-state index is -0.710. The smallest absolute Gasteiger partial charge is 0.329 e. The number of nitrogens with one attached hydrogen (secondary N) is 2. The van der Waals surface area contributed by atoms with Crippen molar-refractivity contribution in [2.45, 2.75) is 39.3 Å². The lowest BCUT2D eigenvalue weighted by molar-refractivity contribution is -0.148. The maximum atomic E-state index is 12.9. The zero-order chi connectivity index (χ0) is 20.5. The molecule has 2 unspecified atom stereocenters. The number of ether oxygens (including phenoxy) is 1. The van der Waals surface area contributed by atoms with E-state index in [9.17, 15) is 9.59 Å². The number of amides is 1. The second kappa shape index (κ2) is 10.6. The molecule has 0 bridgehead atoms. The second-order valence-electron chi connectivity index (χ2n) is 6.96. The molecule has 150 valence electrons. The fraction of sp³-hybridized carbons (Fsp3) is 0.409. The molecule has 0 saturated heterocycles. The average molecular weight is 383 g/mol. The van der Waals surface area contributed by atoms with Gasteiger partial charge in [0.1, 0.15) is 12.6 Å². The fourth-order valence-electron chi connectivity index (χ4n) is 2.92. The number of nitrogens with zero attached hydrogens (tertiary/aromatic N) is 1. The van der Waals surface area contributed by atoms with Crippen LogP contribution in [0.15, 0.2) is 49.1 Å². The van der Waals surface area contributed by atoms with E-state index in [0.717, 1.165) is 16.6 Å². The summed E-state index contributed by atoms with van der Waals surface area (Å²) in [6, 6.07) is 10.6. The summed E-state index contributed by atoms with van der Waals surface area (Å²) in [5.41, 5.74) is 1.71. The van der Waals surface area contributed by atoms with Crippen LogP contribution in [-0.4, -0.2) is 42.1 Å². The Hall–Kier alpha value is -2.73. The Bertz CT molecular complexity index is 820. The first-order valence-electron chi connectivity index (χ1n) is 9.62. The first-order chi connectivity index (χ1) is 13.5. The molecule has 0 fully saturated rings. The molecule has 6 nitrogen and oxygen atoms in total. The van der Waals surface area contributed by atoms with Crippen LogP contribution in [0.2, 0.25) is 0 Å². The van der Waals surface area contributed by atoms with Crippen LogP contribution < -0.4 is 10.6 Å². The van der Waals surface area contributed by atoms with Crippen molar-refractivity contribution in [1.82, 2.24) is 15.6 Å². The summed E-state index contributed by atoms with van der Waals surface area (Å²) in [7, 11) is 0. The summed E-state index contributed by atoms with van der Waals surface area (Å²) in [6.45, 7) is 9.96. The lowest BCUT2D eigenvalue weighted by atomic mass is 10.0. The van der Waals surface area contributed by atoms with Crippen molar-refractivity contribution in [3.8, 4) is 0 Å². The van der Waals surface area contributed by atoms with Crippen molar-refractivity contribution in [2.75, 3.05) is 13.2 Å². The van der Waals surface area contributed by atoms with Crippen LogP contribution in [0.1, 0.15) is 26.5 Å². The van der Waals surface area contributed by atoms with Gasteiger partial charge in [0.2, 0.25) is 5.91 Å². The van der Waals surface area contributed by atoms with Gasteiger partial charge in [-0.2, -0.15) is 0 Å². The Morgan fingerprint density at radius 1 is 1.21 bits per heavy atom. The van der Waals surface area contributed by atoms with Crippen molar-refractivity contribution in [3.05, 3.63) is 54.7 Å². The van der Waals surface area contributed by atoms with E-state index in [1.54, 1.807) is 0 Å². The summed E-state index contributed by atoms with van der Waals surface area (Å²) in [5, 5.41) is 7.07. The van der Waals surface area contributed by atoms with Crippen LogP contribution >= 0.6 is 0 Å². The SMILES string of the molecule is C=CCOC(=O)C(NC(=O)C(Cc1ccc2ccccc2n1)NCC)C(C)C. The van der Waals surface area contributed by atoms with Gasteiger partial charge < -0.3 is 15.4 Å². The summed E-state index contributed by atoms with van der Waals surface area (Å²) < 4.78 is 5.12. The number of rotatable bonds is 10. The Labute approximate surface area is 166 Å². The summed E-state index contributed by atoms with van der Waals surface area (Å²) in [6.07, 6.45) is 1.93. The van der Waals surface area contributed by atoms with Gasteiger partial charge in [-0.15, -0.1) is 0 Å². The number of esters is 1. The molecule has 2 atom stereocenters. The minimum absolute atomic E-state index is 0.0951. The normalized spacial score (nSPS) is 13.1. The Kier molecular flexibility index (Phi) is 8.14. The van der Waals surface area contributed by atoms with Crippen LogP contribution in [0.4, 0.5) is 0 Å². The van der Waals surface area contributed by atoms with E-state index in [2.05, 4.69) is 22.2 Å².